The maximum absolute atomic E-state index is 12.2. The zero-order valence-corrected chi connectivity index (χ0v) is 13.9. The van der Waals surface area contributed by atoms with E-state index in [0.29, 0.717) is 30.7 Å². The summed E-state index contributed by atoms with van der Waals surface area (Å²) >= 11 is 1.50. The van der Waals surface area contributed by atoms with Crippen LogP contribution in [0.3, 0.4) is 0 Å². The molecule has 0 aromatic carbocycles. The molecule has 0 aromatic heterocycles. The summed E-state index contributed by atoms with van der Waals surface area (Å²) in [4.78, 5) is 0. The van der Waals surface area contributed by atoms with Crippen LogP contribution < -0.4 is 4.72 Å². The molecular formula is C12H26N2O3S2. The van der Waals surface area contributed by atoms with E-state index in [2.05, 4.69) is 18.6 Å². The summed E-state index contributed by atoms with van der Waals surface area (Å²) in [5.74, 6) is 1.27. The zero-order chi connectivity index (χ0) is 14.7. The molecular weight excluding hydrogens is 284 g/mol. The molecule has 7 heteroatoms. The lowest BCUT2D eigenvalue weighted by Crippen LogP contribution is -2.51. The van der Waals surface area contributed by atoms with Gasteiger partial charge in [0.25, 0.3) is 10.2 Å². The van der Waals surface area contributed by atoms with Crippen molar-refractivity contribution in [2.75, 3.05) is 31.6 Å². The van der Waals surface area contributed by atoms with Crippen LogP contribution >= 0.6 is 11.8 Å². The number of rotatable bonds is 6. The fourth-order valence-electron chi connectivity index (χ4n) is 2.50. The molecule has 1 rings (SSSR count). The van der Waals surface area contributed by atoms with E-state index >= 15 is 0 Å². The maximum atomic E-state index is 12.2. The normalized spacial score (nSPS) is 29.1. The molecule has 114 valence electrons. The van der Waals surface area contributed by atoms with E-state index in [-0.39, 0.29) is 6.54 Å². The Morgan fingerprint density at radius 3 is 2.37 bits per heavy atom. The van der Waals surface area contributed by atoms with E-state index in [1.165, 1.54) is 16.1 Å². The largest absolute Gasteiger partial charge is 0.388 e. The average molecular weight is 310 g/mol. The smallest absolute Gasteiger partial charge is 0.279 e. The first-order valence-corrected chi connectivity index (χ1v) is 9.46. The van der Waals surface area contributed by atoms with Crippen molar-refractivity contribution < 1.29 is 13.5 Å². The molecule has 3 unspecified atom stereocenters. The summed E-state index contributed by atoms with van der Waals surface area (Å²) in [6.45, 7) is 6.96. The minimum Gasteiger partial charge on any atom is -0.388 e. The van der Waals surface area contributed by atoms with Gasteiger partial charge in [0.1, 0.15) is 0 Å². The third kappa shape index (κ3) is 5.59. The molecule has 3 atom stereocenters. The lowest BCUT2D eigenvalue weighted by atomic mass is 9.94. The fraction of sp³-hybridized carbons (Fsp3) is 1.00. The van der Waals surface area contributed by atoms with Gasteiger partial charge in [0.15, 0.2) is 0 Å². The number of thioether (sulfide) groups is 1. The molecule has 1 heterocycles. The van der Waals surface area contributed by atoms with Gasteiger partial charge in [0, 0.05) is 25.4 Å². The molecule has 1 aliphatic rings. The van der Waals surface area contributed by atoms with Gasteiger partial charge in [0.2, 0.25) is 0 Å². The predicted molar refractivity (Wildman–Crippen MR) is 80.4 cm³/mol. The molecule has 0 amide bonds. The van der Waals surface area contributed by atoms with Gasteiger partial charge >= 0.3 is 0 Å². The van der Waals surface area contributed by atoms with Crippen molar-refractivity contribution in [3.05, 3.63) is 0 Å². The van der Waals surface area contributed by atoms with Crippen LogP contribution in [0, 0.1) is 11.8 Å². The van der Waals surface area contributed by atoms with Crippen LogP contribution in [0.1, 0.15) is 27.2 Å². The predicted octanol–water partition coefficient (Wildman–Crippen LogP) is 0.913. The summed E-state index contributed by atoms with van der Waals surface area (Å²) in [6.07, 6.45) is 2.95. The quantitative estimate of drug-likeness (QED) is 0.765. The third-order valence-corrected chi connectivity index (χ3v) is 5.66. The minimum atomic E-state index is -3.49. The molecule has 0 bridgehead atoms. The van der Waals surface area contributed by atoms with Gasteiger partial charge in [-0.2, -0.15) is 29.2 Å². The van der Waals surface area contributed by atoms with Crippen molar-refractivity contribution in [1.29, 1.82) is 0 Å². The topological polar surface area (TPSA) is 69.6 Å². The van der Waals surface area contributed by atoms with Crippen molar-refractivity contribution >= 4 is 22.0 Å². The number of nitrogens with one attached hydrogen (secondary N) is 1. The minimum absolute atomic E-state index is 0.0510. The molecule has 19 heavy (non-hydrogen) atoms. The molecule has 0 radical (unpaired) electrons. The Morgan fingerprint density at radius 2 is 1.89 bits per heavy atom. The SMILES string of the molecule is CSCC(C)(O)CNS(=O)(=O)N1CC(C)CC(C)C1. The Bertz CT molecular complexity index is 374. The van der Waals surface area contributed by atoms with Gasteiger partial charge in [-0.15, -0.1) is 0 Å². The standard InChI is InChI=1S/C12H26N2O3S2/c1-10-5-11(2)7-14(6-10)19(16,17)13-8-12(3,15)9-18-4/h10-11,13,15H,5-9H2,1-4H3. The van der Waals surface area contributed by atoms with Crippen LogP contribution in [0.15, 0.2) is 0 Å². The Morgan fingerprint density at radius 1 is 1.37 bits per heavy atom. The third-order valence-electron chi connectivity index (χ3n) is 3.27. The van der Waals surface area contributed by atoms with Crippen LogP contribution in [0.25, 0.3) is 0 Å². The van der Waals surface area contributed by atoms with Gasteiger partial charge < -0.3 is 5.11 Å². The molecule has 0 aliphatic carbocycles. The van der Waals surface area contributed by atoms with E-state index in [0.717, 1.165) is 6.42 Å². The zero-order valence-electron chi connectivity index (χ0n) is 12.2. The van der Waals surface area contributed by atoms with Gasteiger partial charge in [0.05, 0.1) is 5.60 Å². The number of nitrogens with zero attached hydrogens (tertiary/aromatic N) is 1. The molecule has 0 spiro atoms. The average Bonchev–Trinajstić information content (AvgIpc) is 2.25. The Hall–Kier alpha value is 0.180. The van der Waals surface area contributed by atoms with Gasteiger partial charge in [-0.3, -0.25) is 0 Å². The molecule has 0 saturated carbocycles. The summed E-state index contributed by atoms with van der Waals surface area (Å²) in [7, 11) is -3.49. The van der Waals surface area contributed by atoms with Crippen molar-refractivity contribution in [2.45, 2.75) is 32.8 Å². The molecule has 5 nitrogen and oxygen atoms in total. The Balaban J connectivity index is 2.60. The van der Waals surface area contributed by atoms with Crippen LogP contribution in [0.4, 0.5) is 0 Å². The lowest BCUT2D eigenvalue weighted by Gasteiger charge is -2.34. The number of hydrogen-bond donors (Lipinski definition) is 2. The van der Waals surface area contributed by atoms with Crippen LogP contribution in [-0.2, 0) is 10.2 Å². The second-order valence-electron chi connectivity index (χ2n) is 6.02. The van der Waals surface area contributed by atoms with Gasteiger partial charge in [-0.25, -0.2) is 0 Å². The van der Waals surface area contributed by atoms with Gasteiger partial charge in [-0.1, -0.05) is 13.8 Å². The van der Waals surface area contributed by atoms with Crippen LogP contribution in [0.5, 0.6) is 0 Å². The fourth-order valence-corrected chi connectivity index (χ4v) is 4.80. The summed E-state index contributed by atoms with van der Waals surface area (Å²) in [5.41, 5.74) is -1.01. The number of aliphatic hydroxyl groups is 1. The lowest BCUT2D eigenvalue weighted by molar-refractivity contribution is 0.0899. The van der Waals surface area contributed by atoms with Gasteiger partial charge in [-0.05, 0) is 31.4 Å². The van der Waals surface area contributed by atoms with E-state index in [1.807, 2.05) is 6.26 Å². The maximum Gasteiger partial charge on any atom is 0.279 e. The first-order valence-electron chi connectivity index (χ1n) is 6.62. The summed E-state index contributed by atoms with van der Waals surface area (Å²) in [6, 6.07) is 0. The number of piperidine rings is 1. The molecule has 0 aromatic rings. The highest BCUT2D eigenvalue weighted by Crippen LogP contribution is 2.22. The summed E-state index contributed by atoms with van der Waals surface area (Å²) in [5, 5.41) is 10.0. The van der Waals surface area contributed by atoms with Crippen molar-refractivity contribution in [2.24, 2.45) is 11.8 Å². The van der Waals surface area contributed by atoms with Crippen LogP contribution in [-0.4, -0.2) is 55.1 Å². The van der Waals surface area contributed by atoms with E-state index in [1.54, 1.807) is 6.92 Å². The van der Waals surface area contributed by atoms with Crippen molar-refractivity contribution in [3.63, 3.8) is 0 Å². The second-order valence-corrected chi connectivity index (χ2v) is 8.64. The van der Waals surface area contributed by atoms with Crippen LogP contribution in [0.2, 0.25) is 0 Å². The molecule has 1 aliphatic heterocycles. The molecule has 1 saturated heterocycles. The van der Waals surface area contributed by atoms with E-state index < -0.39 is 15.8 Å². The van der Waals surface area contributed by atoms with Crippen molar-refractivity contribution in [3.8, 4) is 0 Å². The van der Waals surface area contributed by atoms with E-state index in [4.69, 9.17) is 0 Å². The highest BCUT2D eigenvalue weighted by molar-refractivity contribution is 7.98. The Labute approximate surface area is 121 Å². The first-order chi connectivity index (χ1) is 8.66. The summed E-state index contributed by atoms with van der Waals surface area (Å²) < 4.78 is 28.5. The number of hydrogen-bond acceptors (Lipinski definition) is 4. The first kappa shape index (κ1) is 17.2. The molecule has 1 fully saturated rings. The second kappa shape index (κ2) is 6.76. The monoisotopic (exact) mass is 310 g/mol. The van der Waals surface area contributed by atoms with E-state index in [9.17, 15) is 13.5 Å². The highest BCUT2D eigenvalue weighted by atomic mass is 32.2. The Kier molecular flexibility index (Phi) is 6.13. The van der Waals surface area contributed by atoms with Crippen molar-refractivity contribution in [1.82, 2.24) is 9.03 Å². The highest BCUT2D eigenvalue weighted by Gasteiger charge is 2.32. The molecule has 2 N–H and O–H groups in total.